The zero-order valence-corrected chi connectivity index (χ0v) is 15.4. The predicted molar refractivity (Wildman–Crippen MR) is 99.5 cm³/mol. The van der Waals surface area contributed by atoms with Gasteiger partial charge in [-0.2, -0.15) is 4.98 Å². The van der Waals surface area contributed by atoms with E-state index in [1.165, 1.54) is 6.20 Å². The van der Waals surface area contributed by atoms with Crippen molar-refractivity contribution in [2.45, 2.75) is 30.6 Å². The lowest BCUT2D eigenvalue weighted by molar-refractivity contribution is 0.135. The maximum Gasteiger partial charge on any atom is 0.415 e. The molecule has 140 valence electrons. The van der Waals surface area contributed by atoms with Gasteiger partial charge in [0.2, 0.25) is 11.7 Å². The smallest absolute Gasteiger partial charge is 0.409 e. The number of likely N-dealkylation sites (tertiary alicyclic amines) is 1. The first-order valence-electron chi connectivity index (χ1n) is 8.92. The molecular weight excluding hydrogens is 368 g/mol. The highest BCUT2D eigenvalue weighted by Crippen LogP contribution is 2.29. The molecule has 0 saturated carbocycles. The third-order valence-corrected chi connectivity index (χ3v) is 5.01. The van der Waals surface area contributed by atoms with Gasteiger partial charge in [0.25, 0.3) is 0 Å². The highest BCUT2D eigenvalue weighted by atomic mass is 35.5. The van der Waals surface area contributed by atoms with E-state index in [9.17, 15) is 4.79 Å². The molecule has 0 radical (unpaired) electrons. The van der Waals surface area contributed by atoms with E-state index in [1.54, 1.807) is 23.2 Å². The summed E-state index contributed by atoms with van der Waals surface area (Å²) < 4.78 is 10.8. The van der Waals surface area contributed by atoms with Gasteiger partial charge >= 0.3 is 6.09 Å². The second-order valence-corrected chi connectivity index (χ2v) is 7.11. The Morgan fingerprint density at radius 2 is 2.19 bits per heavy atom. The Morgan fingerprint density at radius 1 is 1.33 bits per heavy atom. The average molecular weight is 387 g/mol. The fraction of sp³-hybridized carbons (Fsp3) is 0.368. The average Bonchev–Trinajstić information content (AvgIpc) is 3.20. The van der Waals surface area contributed by atoms with Gasteiger partial charge in [0.05, 0.1) is 11.6 Å². The van der Waals surface area contributed by atoms with Crippen molar-refractivity contribution in [2.75, 3.05) is 13.1 Å². The highest BCUT2D eigenvalue weighted by molar-refractivity contribution is 6.22. The molecule has 8 heteroatoms. The number of amides is 1. The Morgan fingerprint density at radius 3 is 2.89 bits per heavy atom. The van der Waals surface area contributed by atoms with E-state index in [1.807, 2.05) is 18.2 Å². The summed E-state index contributed by atoms with van der Waals surface area (Å²) in [4.78, 5) is 22.4. The van der Waals surface area contributed by atoms with Crippen LogP contribution in [0.25, 0.3) is 5.57 Å². The molecular formula is C19H19ClN4O3. The SMILES string of the molecule is O=C(Oc1cccnc1)N1CCC(c2nc(C3=CCC(Cl)C=C3)no2)CC1. The zero-order chi connectivity index (χ0) is 18.6. The molecule has 1 saturated heterocycles. The van der Waals surface area contributed by atoms with Gasteiger partial charge in [0.1, 0.15) is 0 Å². The lowest BCUT2D eigenvalue weighted by atomic mass is 9.97. The zero-order valence-electron chi connectivity index (χ0n) is 14.6. The number of alkyl halides is 1. The molecule has 0 aromatic carbocycles. The first kappa shape index (κ1) is 17.7. The largest absolute Gasteiger partial charge is 0.415 e. The lowest BCUT2D eigenvalue weighted by Gasteiger charge is -2.29. The summed E-state index contributed by atoms with van der Waals surface area (Å²) >= 11 is 6.05. The number of carbonyl (C=O) groups excluding carboxylic acids is 1. The minimum atomic E-state index is -0.360. The van der Waals surface area contributed by atoms with Crippen molar-refractivity contribution in [1.29, 1.82) is 0 Å². The number of aromatic nitrogens is 3. The summed E-state index contributed by atoms with van der Waals surface area (Å²) in [5.41, 5.74) is 0.930. The van der Waals surface area contributed by atoms with E-state index in [-0.39, 0.29) is 17.4 Å². The summed E-state index contributed by atoms with van der Waals surface area (Å²) in [6.07, 6.45) is 10.9. The van der Waals surface area contributed by atoms with Crippen LogP contribution in [-0.4, -0.2) is 44.6 Å². The first-order chi connectivity index (χ1) is 13.2. The number of carbonyl (C=O) groups is 1. The molecule has 4 rings (SSSR count). The first-order valence-corrected chi connectivity index (χ1v) is 9.36. The number of rotatable bonds is 3. The maximum atomic E-state index is 12.2. The van der Waals surface area contributed by atoms with E-state index in [2.05, 4.69) is 15.1 Å². The Kier molecular flexibility index (Phi) is 5.20. The maximum absolute atomic E-state index is 12.2. The number of hydrogen-bond acceptors (Lipinski definition) is 6. The van der Waals surface area contributed by atoms with E-state index in [0.717, 1.165) is 24.8 Å². The molecule has 27 heavy (non-hydrogen) atoms. The minimum absolute atomic E-state index is 0.0240. The monoisotopic (exact) mass is 386 g/mol. The Bertz CT molecular complexity index is 857. The van der Waals surface area contributed by atoms with E-state index >= 15 is 0 Å². The number of nitrogens with zero attached hydrogens (tertiary/aromatic N) is 4. The molecule has 2 aromatic rings. The van der Waals surface area contributed by atoms with Crippen LogP contribution < -0.4 is 4.74 Å². The standard InChI is InChI=1S/C19H19ClN4O3/c20-15-5-3-13(4-6-15)17-22-18(27-23-17)14-7-10-24(11-8-14)19(25)26-16-2-1-9-21-12-16/h1-5,9,12,14-15H,6-8,10-11H2. The fourth-order valence-corrected chi connectivity index (χ4v) is 3.32. The molecule has 3 heterocycles. The van der Waals surface area contributed by atoms with Gasteiger partial charge < -0.3 is 14.2 Å². The summed E-state index contributed by atoms with van der Waals surface area (Å²) in [5, 5.41) is 4.11. The second-order valence-electron chi connectivity index (χ2n) is 6.54. The number of halogens is 1. The fourth-order valence-electron chi connectivity index (χ4n) is 3.16. The third kappa shape index (κ3) is 4.19. The second kappa shape index (κ2) is 7.92. The molecule has 1 aliphatic carbocycles. The van der Waals surface area contributed by atoms with Crippen molar-refractivity contribution >= 4 is 23.3 Å². The van der Waals surface area contributed by atoms with Gasteiger partial charge in [-0.05, 0) is 31.4 Å². The quantitative estimate of drug-likeness (QED) is 0.746. The summed E-state index contributed by atoms with van der Waals surface area (Å²) in [6.45, 7) is 1.16. The van der Waals surface area contributed by atoms with Crippen molar-refractivity contribution in [1.82, 2.24) is 20.0 Å². The normalized spacial score (nSPS) is 20.4. The van der Waals surface area contributed by atoms with Crippen LogP contribution in [0.5, 0.6) is 5.75 Å². The van der Waals surface area contributed by atoms with Crippen molar-refractivity contribution in [2.24, 2.45) is 0 Å². The van der Waals surface area contributed by atoms with Gasteiger partial charge in [0, 0.05) is 30.8 Å². The van der Waals surface area contributed by atoms with Crippen LogP contribution in [0.2, 0.25) is 0 Å². The van der Waals surface area contributed by atoms with Crippen LogP contribution in [0.15, 0.2) is 47.3 Å². The Labute approximate surface area is 161 Å². The molecule has 2 aliphatic rings. The van der Waals surface area contributed by atoms with Crippen LogP contribution in [0, 0.1) is 0 Å². The molecule has 0 bridgehead atoms. The van der Waals surface area contributed by atoms with Gasteiger partial charge in [-0.3, -0.25) is 4.98 Å². The van der Waals surface area contributed by atoms with E-state index in [4.69, 9.17) is 20.9 Å². The molecule has 2 aromatic heterocycles. The van der Waals surface area contributed by atoms with Crippen molar-refractivity contribution in [3.8, 4) is 5.75 Å². The van der Waals surface area contributed by atoms with Gasteiger partial charge in [-0.25, -0.2) is 4.79 Å². The van der Waals surface area contributed by atoms with Crippen molar-refractivity contribution < 1.29 is 14.1 Å². The van der Waals surface area contributed by atoms with E-state index in [0.29, 0.717) is 30.6 Å². The Balaban J connectivity index is 1.33. The number of hydrogen-bond donors (Lipinski definition) is 0. The number of allylic oxidation sites excluding steroid dienone is 4. The number of piperidine rings is 1. The number of ether oxygens (including phenoxy) is 1. The Hall–Kier alpha value is -2.67. The van der Waals surface area contributed by atoms with Crippen LogP contribution >= 0.6 is 11.6 Å². The van der Waals surface area contributed by atoms with Crippen LogP contribution in [-0.2, 0) is 0 Å². The van der Waals surface area contributed by atoms with Crippen LogP contribution in [0.3, 0.4) is 0 Å². The van der Waals surface area contributed by atoms with E-state index < -0.39 is 0 Å². The van der Waals surface area contributed by atoms with Gasteiger partial charge in [0.15, 0.2) is 5.75 Å². The molecule has 7 nitrogen and oxygen atoms in total. The van der Waals surface area contributed by atoms with Gasteiger partial charge in [-0.1, -0.05) is 23.4 Å². The number of pyridine rings is 1. The topological polar surface area (TPSA) is 81.4 Å². The van der Waals surface area contributed by atoms with Crippen molar-refractivity contribution in [3.05, 3.63) is 54.5 Å². The summed E-state index contributed by atoms with van der Waals surface area (Å²) in [7, 11) is 0. The molecule has 1 aliphatic heterocycles. The molecule has 0 N–H and O–H groups in total. The molecule has 1 atom stereocenters. The van der Waals surface area contributed by atoms with Gasteiger partial charge in [-0.15, -0.1) is 11.6 Å². The van der Waals surface area contributed by atoms with Crippen LogP contribution in [0.1, 0.15) is 36.9 Å². The predicted octanol–water partition coefficient (Wildman–Crippen LogP) is 3.79. The molecule has 1 amide bonds. The third-order valence-electron chi connectivity index (χ3n) is 4.69. The van der Waals surface area contributed by atoms with Crippen LogP contribution in [0.4, 0.5) is 4.79 Å². The minimum Gasteiger partial charge on any atom is -0.409 e. The molecule has 0 spiro atoms. The lowest BCUT2D eigenvalue weighted by Crippen LogP contribution is -2.39. The summed E-state index contributed by atoms with van der Waals surface area (Å²) in [5.74, 6) is 1.79. The van der Waals surface area contributed by atoms with Crippen molar-refractivity contribution in [3.63, 3.8) is 0 Å². The molecule has 1 unspecified atom stereocenters. The summed E-state index contributed by atoms with van der Waals surface area (Å²) in [6, 6.07) is 3.44. The highest BCUT2D eigenvalue weighted by Gasteiger charge is 2.28. The molecule has 1 fully saturated rings.